The minimum Gasteiger partial charge on any atom is -0.480 e. The Morgan fingerprint density at radius 1 is 1.29 bits per heavy atom. The Hall–Kier alpha value is -0.670. The topological polar surface area (TPSA) is 118 Å². The molecule has 0 spiro atoms. The maximum atomic E-state index is 11.5. The molecule has 0 aromatic heterocycles. The van der Waals surface area contributed by atoms with E-state index in [0.29, 0.717) is 0 Å². The van der Waals surface area contributed by atoms with Crippen LogP contribution in [0.25, 0.3) is 0 Å². The Morgan fingerprint density at radius 3 is 2.00 bits per heavy atom. The van der Waals surface area contributed by atoms with E-state index in [-0.39, 0.29) is 6.54 Å². The van der Waals surface area contributed by atoms with Crippen LogP contribution in [0.4, 0.5) is 0 Å². The Balaban J connectivity index is 4.88. The summed E-state index contributed by atoms with van der Waals surface area (Å²) >= 11 is 0. The summed E-state index contributed by atoms with van der Waals surface area (Å²) in [5.41, 5.74) is 0. The molecule has 0 saturated carbocycles. The molecule has 9 heteroatoms. The first-order valence-electron chi connectivity index (χ1n) is 4.72. The van der Waals surface area contributed by atoms with Gasteiger partial charge in [-0.05, 0) is 20.8 Å². The number of sulfonamides is 1. The van der Waals surface area contributed by atoms with Crippen molar-refractivity contribution in [1.29, 1.82) is 0 Å². The van der Waals surface area contributed by atoms with Gasteiger partial charge in [0.2, 0.25) is 10.0 Å². The molecule has 2 N–H and O–H groups in total. The van der Waals surface area contributed by atoms with E-state index < -0.39 is 35.8 Å². The van der Waals surface area contributed by atoms with Crippen molar-refractivity contribution in [2.75, 3.05) is 12.8 Å². The van der Waals surface area contributed by atoms with Gasteiger partial charge in [-0.15, -0.1) is 0 Å². The highest BCUT2D eigenvalue weighted by Crippen LogP contribution is 2.14. The van der Waals surface area contributed by atoms with Crippen molar-refractivity contribution < 1.29 is 26.7 Å². The van der Waals surface area contributed by atoms with Gasteiger partial charge in [-0.1, -0.05) is 0 Å². The first-order valence-corrected chi connectivity index (χ1v) is 8.16. The van der Waals surface area contributed by atoms with Gasteiger partial charge in [-0.3, -0.25) is 4.79 Å². The average Bonchev–Trinajstić information content (AvgIpc) is 2.12. The van der Waals surface area contributed by atoms with Gasteiger partial charge in [-0.25, -0.2) is 21.6 Å². The molecular formula is C8H17NO6S2. The summed E-state index contributed by atoms with van der Waals surface area (Å²) in [6.07, 6.45) is 0.988. The van der Waals surface area contributed by atoms with Gasteiger partial charge < -0.3 is 5.11 Å². The van der Waals surface area contributed by atoms with Crippen LogP contribution in [0, 0.1) is 0 Å². The summed E-state index contributed by atoms with van der Waals surface area (Å²) in [4.78, 5) is 10.5. The highest BCUT2D eigenvalue weighted by molar-refractivity contribution is 7.92. The van der Waals surface area contributed by atoms with Crippen LogP contribution in [-0.4, -0.2) is 50.7 Å². The average molecular weight is 287 g/mol. The van der Waals surface area contributed by atoms with Crippen LogP contribution in [0.2, 0.25) is 0 Å². The summed E-state index contributed by atoms with van der Waals surface area (Å²) in [5, 5.41) is 6.94. The lowest BCUT2D eigenvalue weighted by molar-refractivity contribution is -0.136. The van der Waals surface area contributed by atoms with Crippen molar-refractivity contribution in [2.45, 2.75) is 30.8 Å². The van der Waals surface area contributed by atoms with Crippen LogP contribution in [0.15, 0.2) is 0 Å². The van der Waals surface area contributed by atoms with Crippen molar-refractivity contribution in [3.63, 3.8) is 0 Å². The molecule has 102 valence electrons. The molecule has 0 bridgehead atoms. The van der Waals surface area contributed by atoms with Crippen LogP contribution in [-0.2, 0) is 24.7 Å². The van der Waals surface area contributed by atoms with Gasteiger partial charge in [0.25, 0.3) is 0 Å². The summed E-state index contributed by atoms with van der Waals surface area (Å²) in [6, 6.07) is 0. The van der Waals surface area contributed by atoms with E-state index in [1.807, 2.05) is 4.72 Å². The Labute approximate surface area is 101 Å². The van der Waals surface area contributed by atoms with Crippen molar-refractivity contribution >= 4 is 25.8 Å². The number of rotatable bonds is 6. The SMILES string of the molecule is CC(C(=O)O)S(=O)(=O)NCC(C)(C)S(C)(=O)=O. The predicted octanol–water partition coefficient (Wildman–Crippen LogP) is -0.798. The Morgan fingerprint density at radius 2 is 1.71 bits per heavy atom. The third-order valence-electron chi connectivity index (χ3n) is 2.52. The lowest BCUT2D eigenvalue weighted by Gasteiger charge is -2.23. The predicted molar refractivity (Wildman–Crippen MR) is 62.9 cm³/mol. The first kappa shape index (κ1) is 16.3. The monoisotopic (exact) mass is 287 g/mol. The zero-order valence-corrected chi connectivity index (χ0v) is 11.7. The molecule has 0 fully saturated rings. The number of nitrogens with one attached hydrogen (secondary N) is 1. The van der Waals surface area contributed by atoms with Gasteiger partial charge >= 0.3 is 5.97 Å². The smallest absolute Gasteiger partial charge is 0.323 e. The molecule has 0 aliphatic heterocycles. The van der Waals surface area contributed by atoms with Gasteiger partial charge in [0, 0.05) is 12.8 Å². The third kappa shape index (κ3) is 4.25. The lowest BCUT2D eigenvalue weighted by Crippen LogP contribution is -2.47. The van der Waals surface area contributed by atoms with Crippen LogP contribution in [0.3, 0.4) is 0 Å². The molecule has 7 nitrogen and oxygen atoms in total. The summed E-state index contributed by atoms with van der Waals surface area (Å²) in [6.45, 7) is 3.36. The Kier molecular flexibility index (Phi) is 4.71. The molecule has 0 rings (SSSR count). The maximum absolute atomic E-state index is 11.5. The maximum Gasteiger partial charge on any atom is 0.323 e. The van der Waals surface area contributed by atoms with E-state index in [4.69, 9.17) is 5.11 Å². The second kappa shape index (κ2) is 4.91. The highest BCUT2D eigenvalue weighted by atomic mass is 32.2. The van der Waals surface area contributed by atoms with Crippen LogP contribution < -0.4 is 4.72 Å². The van der Waals surface area contributed by atoms with E-state index >= 15 is 0 Å². The number of hydrogen-bond acceptors (Lipinski definition) is 5. The first-order chi connectivity index (χ1) is 7.31. The van der Waals surface area contributed by atoms with Crippen LogP contribution in [0.1, 0.15) is 20.8 Å². The summed E-state index contributed by atoms with van der Waals surface area (Å²) in [5.74, 6) is -1.49. The van der Waals surface area contributed by atoms with E-state index in [1.165, 1.54) is 13.8 Å². The standard InChI is InChI=1S/C8H17NO6S2/c1-6(7(10)11)17(14,15)9-5-8(2,3)16(4,12)13/h6,9H,5H2,1-4H3,(H,10,11). The molecule has 0 aliphatic carbocycles. The van der Waals surface area contributed by atoms with Crippen molar-refractivity contribution in [3.05, 3.63) is 0 Å². The largest absolute Gasteiger partial charge is 0.480 e. The molecule has 0 aromatic carbocycles. The molecule has 17 heavy (non-hydrogen) atoms. The van der Waals surface area contributed by atoms with Crippen molar-refractivity contribution in [1.82, 2.24) is 4.72 Å². The lowest BCUT2D eigenvalue weighted by atomic mass is 10.2. The van der Waals surface area contributed by atoms with E-state index in [2.05, 4.69) is 0 Å². The minimum atomic E-state index is -4.07. The number of aliphatic carboxylic acids is 1. The highest BCUT2D eigenvalue weighted by Gasteiger charge is 2.34. The van der Waals surface area contributed by atoms with Crippen molar-refractivity contribution in [3.8, 4) is 0 Å². The zero-order chi connectivity index (χ0) is 14.1. The third-order valence-corrected chi connectivity index (χ3v) is 6.35. The molecule has 0 aromatic rings. The molecule has 0 aliphatic rings. The van der Waals surface area contributed by atoms with Gasteiger partial charge in [0.05, 0.1) is 4.75 Å². The molecule has 0 saturated heterocycles. The van der Waals surface area contributed by atoms with E-state index in [1.54, 1.807) is 0 Å². The minimum absolute atomic E-state index is 0.369. The number of hydrogen-bond donors (Lipinski definition) is 2. The number of carboxylic acids is 1. The zero-order valence-electron chi connectivity index (χ0n) is 10.1. The fourth-order valence-electron chi connectivity index (χ4n) is 0.663. The normalized spacial score (nSPS) is 15.5. The molecule has 1 atom stereocenters. The van der Waals surface area contributed by atoms with Gasteiger partial charge in [0.15, 0.2) is 15.1 Å². The van der Waals surface area contributed by atoms with E-state index in [0.717, 1.165) is 13.2 Å². The quantitative estimate of drug-likeness (QED) is 0.660. The fraction of sp³-hybridized carbons (Fsp3) is 0.875. The summed E-state index contributed by atoms with van der Waals surface area (Å²) < 4.78 is 46.3. The van der Waals surface area contributed by atoms with Gasteiger partial charge in [-0.2, -0.15) is 0 Å². The van der Waals surface area contributed by atoms with Crippen LogP contribution >= 0.6 is 0 Å². The molecule has 1 unspecified atom stereocenters. The molecular weight excluding hydrogens is 270 g/mol. The van der Waals surface area contributed by atoms with Crippen molar-refractivity contribution in [2.24, 2.45) is 0 Å². The van der Waals surface area contributed by atoms with Gasteiger partial charge in [0.1, 0.15) is 0 Å². The number of carbonyl (C=O) groups is 1. The second-order valence-electron chi connectivity index (χ2n) is 4.38. The molecule has 0 amide bonds. The number of carboxylic acid groups (broad SMARTS) is 1. The second-order valence-corrected chi connectivity index (χ2v) is 9.11. The van der Waals surface area contributed by atoms with Crippen LogP contribution in [0.5, 0.6) is 0 Å². The molecule has 0 heterocycles. The Bertz CT molecular complexity index is 490. The molecule has 0 radical (unpaired) electrons. The number of sulfone groups is 1. The summed E-state index contributed by atoms with van der Waals surface area (Å²) in [7, 11) is -7.51. The fourth-order valence-corrected chi connectivity index (χ4v) is 2.17. The van der Waals surface area contributed by atoms with E-state index in [9.17, 15) is 21.6 Å².